The van der Waals surface area contributed by atoms with Gasteiger partial charge in [-0.1, -0.05) is 6.07 Å². The summed E-state index contributed by atoms with van der Waals surface area (Å²) >= 11 is 0. The number of methoxy groups -OCH3 is 1. The van der Waals surface area contributed by atoms with Gasteiger partial charge in [-0.3, -0.25) is 0 Å². The fourth-order valence-electron chi connectivity index (χ4n) is 2.47. The van der Waals surface area contributed by atoms with E-state index in [1.165, 1.54) is 13.2 Å². The van der Waals surface area contributed by atoms with Gasteiger partial charge in [-0.25, -0.2) is 4.99 Å². The van der Waals surface area contributed by atoms with Crippen LogP contribution in [-0.2, 0) is 17.9 Å². The van der Waals surface area contributed by atoms with Gasteiger partial charge in [-0.2, -0.15) is 8.78 Å². The fraction of sp³-hybridized carbons (Fsp3) is 0.450. The highest BCUT2D eigenvalue weighted by molar-refractivity contribution is 14.0. The SMILES string of the molecule is CCNC(=NCc1ccc(OC)c(OC(F)F)c1)NCCCOCc1ccco1.I. The van der Waals surface area contributed by atoms with Gasteiger partial charge in [0.1, 0.15) is 12.4 Å². The number of nitrogens with one attached hydrogen (secondary N) is 2. The van der Waals surface area contributed by atoms with E-state index < -0.39 is 6.61 Å². The molecular formula is C20H28F2IN3O4. The highest BCUT2D eigenvalue weighted by Crippen LogP contribution is 2.29. The van der Waals surface area contributed by atoms with Gasteiger partial charge in [0, 0.05) is 19.7 Å². The Morgan fingerprint density at radius 1 is 1.20 bits per heavy atom. The van der Waals surface area contributed by atoms with Crippen molar-refractivity contribution in [2.24, 2.45) is 4.99 Å². The molecule has 0 saturated heterocycles. The van der Waals surface area contributed by atoms with Gasteiger partial charge < -0.3 is 29.3 Å². The summed E-state index contributed by atoms with van der Waals surface area (Å²) in [7, 11) is 1.40. The van der Waals surface area contributed by atoms with Crippen LogP contribution in [-0.4, -0.2) is 39.4 Å². The molecule has 2 rings (SSSR count). The summed E-state index contributed by atoms with van der Waals surface area (Å²) in [6, 6.07) is 8.53. The predicted octanol–water partition coefficient (Wildman–Crippen LogP) is 4.17. The maximum absolute atomic E-state index is 12.5. The number of ether oxygens (including phenoxy) is 3. The standard InChI is InChI=1S/C20H27F2N3O4.HI/c1-3-23-20(24-9-5-10-27-14-16-6-4-11-28-16)25-13-15-7-8-17(26-2)18(12-15)29-19(21)22;/h4,6-8,11-12,19H,3,5,9-10,13-14H2,1-2H3,(H2,23,24,25);1H. The van der Waals surface area contributed by atoms with Crippen LogP contribution < -0.4 is 20.1 Å². The van der Waals surface area contributed by atoms with E-state index in [4.69, 9.17) is 13.9 Å². The Morgan fingerprint density at radius 3 is 2.70 bits per heavy atom. The van der Waals surface area contributed by atoms with E-state index in [0.717, 1.165) is 17.7 Å². The Hall–Kier alpha value is -2.08. The molecule has 0 fully saturated rings. The number of benzene rings is 1. The number of hydrogen-bond donors (Lipinski definition) is 2. The van der Waals surface area contributed by atoms with Crippen molar-refractivity contribution in [2.45, 2.75) is 33.1 Å². The zero-order chi connectivity index (χ0) is 20.9. The number of guanidine groups is 1. The van der Waals surface area contributed by atoms with Crippen LogP contribution in [0.3, 0.4) is 0 Å². The molecule has 10 heteroatoms. The van der Waals surface area contributed by atoms with E-state index in [2.05, 4.69) is 20.4 Å². The number of nitrogens with zero attached hydrogens (tertiary/aromatic N) is 1. The molecule has 0 bridgehead atoms. The first-order valence-electron chi connectivity index (χ1n) is 9.36. The Morgan fingerprint density at radius 2 is 2.03 bits per heavy atom. The van der Waals surface area contributed by atoms with Gasteiger partial charge >= 0.3 is 6.61 Å². The fourth-order valence-corrected chi connectivity index (χ4v) is 2.47. The van der Waals surface area contributed by atoms with Crippen LogP contribution >= 0.6 is 24.0 Å². The maximum Gasteiger partial charge on any atom is 0.387 e. The van der Waals surface area contributed by atoms with Crippen molar-refractivity contribution in [1.82, 2.24) is 10.6 Å². The van der Waals surface area contributed by atoms with Crippen molar-refractivity contribution < 1.29 is 27.4 Å². The molecule has 0 atom stereocenters. The lowest BCUT2D eigenvalue weighted by molar-refractivity contribution is -0.0512. The van der Waals surface area contributed by atoms with E-state index >= 15 is 0 Å². The molecule has 1 heterocycles. The molecule has 0 aliphatic rings. The van der Waals surface area contributed by atoms with Crippen molar-refractivity contribution in [3.63, 3.8) is 0 Å². The first-order chi connectivity index (χ1) is 14.1. The first-order valence-corrected chi connectivity index (χ1v) is 9.36. The second-order valence-corrected chi connectivity index (χ2v) is 5.97. The Labute approximate surface area is 192 Å². The smallest absolute Gasteiger partial charge is 0.387 e. The maximum atomic E-state index is 12.5. The zero-order valence-electron chi connectivity index (χ0n) is 17.0. The highest BCUT2D eigenvalue weighted by atomic mass is 127. The van der Waals surface area contributed by atoms with E-state index in [9.17, 15) is 8.78 Å². The first kappa shape index (κ1) is 26.0. The van der Waals surface area contributed by atoms with Crippen LogP contribution in [0.4, 0.5) is 8.78 Å². The third kappa shape index (κ3) is 9.61. The second-order valence-electron chi connectivity index (χ2n) is 5.97. The molecular weight excluding hydrogens is 511 g/mol. The molecule has 7 nitrogen and oxygen atoms in total. The quantitative estimate of drug-likeness (QED) is 0.183. The number of alkyl halides is 2. The zero-order valence-corrected chi connectivity index (χ0v) is 19.4. The minimum atomic E-state index is -2.92. The van der Waals surface area contributed by atoms with Crippen LogP contribution in [0.15, 0.2) is 46.0 Å². The molecule has 1 aromatic heterocycles. The van der Waals surface area contributed by atoms with Crippen LogP contribution in [0.2, 0.25) is 0 Å². The molecule has 0 spiro atoms. The monoisotopic (exact) mass is 539 g/mol. The molecule has 0 aliphatic carbocycles. The van der Waals surface area contributed by atoms with Crippen molar-refractivity contribution in [2.75, 3.05) is 26.8 Å². The van der Waals surface area contributed by atoms with E-state index in [1.807, 2.05) is 19.1 Å². The third-order valence-corrected chi connectivity index (χ3v) is 3.79. The molecule has 168 valence electrons. The largest absolute Gasteiger partial charge is 0.493 e. The van der Waals surface area contributed by atoms with Crippen LogP contribution in [0.25, 0.3) is 0 Å². The lowest BCUT2D eigenvalue weighted by atomic mass is 10.2. The van der Waals surface area contributed by atoms with Crippen molar-refractivity contribution >= 4 is 29.9 Å². The minimum Gasteiger partial charge on any atom is -0.493 e. The highest BCUT2D eigenvalue weighted by Gasteiger charge is 2.11. The normalized spacial score (nSPS) is 11.2. The predicted molar refractivity (Wildman–Crippen MR) is 121 cm³/mol. The minimum absolute atomic E-state index is 0. The van der Waals surface area contributed by atoms with Gasteiger partial charge in [0.15, 0.2) is 17.5 Å². The number of aliphatic imine (C=N–C) groups is 1. The molecule has 0 unspecified atom stereocenters. The van der Waals surface area contributed by atoms with E-state index in [-0.39, 0.29) is 35.5 Å². The Balaban J connectivity index is 0.00000450. The molecule has 0 aliphatic heterocycles. The Kier molecular flexibility index (Phi) is 12.8. The summed E-state index contributed by atoms with van der Waals surface area (Å²) in [6.07, 6.45) is 2.41. The van der Waals surface area contributed by atoms with E-state index in [1.54, 1.807) is 18.4 Å². The molecule has 2 N–H and O–H groups in total. The average Bonchev–Trinajstić information content (AvgIpc) is 3.22. The molecule has 2 aromatic rings. The van der Waals surface area contributed by atoms with Gasteiger partial charge in [-0.05, 0) is 43.2 Å². The summed E-state index contributed by atoms with van der Waals surface area (Å²) in [6.45, 7) is 1.74. The topological polar surface area (TPSA) is 77.3 Å². The summed E-state index contributed by atoms with van der Waals surface area (Å²) in [5.74, 6) is 1.66. The third-order valence-electron chi connectivity index (χ3n) is 3.79. The number of halogens is 3. The van der Waals surface area contributed by atoms with Crippen molar-refractivity contribution in [3.05, 3.63) is 47.9 Å². The summed E-state index contributed by atoms with van der Waals surface area (Å²) in [5.41, 5.74) is 0.723. The van der Waals surface area contributed by atoms with Crippen molar-refractivity contribution in [1.29, 1.82) is 0 Å². The summed E-state index contributed by atoms with van der Waals surface area (Å²) in [5, 5.41) is 6.36. The lowest BCUT2D eigenvalue weighted by Gasteiger charge is -2.13. The van der Waals surface area contributed by atoms with Gasteiger partial charge in [0.05, 0.1) is 19.9 Å². The lowest BCUT2D eigenvalue weighted by Crippen LogP contribution is -2.38. The molecule has 30 heavy (non-hydrogen) atoms. The molecule has 0 amide bonds. The van der Waals surface area contributed by atoms with Gasteiger partial charge in [-0.15, -0.1) is 24.0 Å². The molecule has 1 aromatic carbocycles. The Bertz CT molecular complexity index is 746. The van der Waals surface area contributed by atoms with Gasteiger partial charge in [0.25, 0.3) is 0 Å². The summed E-state index contributed by atoms with van der Waals surface area (Å²) < 4.78 is 45.4. The molecule has 0 saturated carbocycles. The van der Waals surface area contributed by atoms with Crippen molar-refractivity contribution in [3.8, 4) is 11.5 Å². The van der Waals surface area contributed by atoms with Crippen LogP contribution in [0.5, 0.6) is 11.5 Å². The van der Waals surface area contributed by atoms with Crippen LogP contribution in [0, 0.1) is 0 Å². The summed E-state index contributed by atoms with van der Waals surface area (Å²) in [4.78, 5) is 4.47. The van der Waals surface area contributed by atoms with E-state index in [0.29, 0.717) is 38.8 Å². The van der Waals surface area contributed by atoms with Crippen LogP contribution in [0.1, 0.15) is 24.7 Å². The average molecular weight is 539 g/mol. The number of furan rings is 1. The molecule has 0 radical (unpaired) electrons. The second kappa shape index (κ2) is 14.8. The number of hydrogen-bond acceptors (Lipinski definition) is 5. The van der Waals surface area contributed by atoms with Gasteiger partial charge in [0.2, 0.25) is 0 Å². The number of rotatable bonds is 12.